The molecule has 1 atom stereocenters. The Morgan fingerprint density at radius 1 is 1.35 bits per heavy atom. The van der Waals surface area contributed by atoms with Gasteiger partial charge in [0.05, 0.1) is 25.4 Å². The van der Waals surface area contributed by atoms with Crippen LogP contribution in [0.4, 0.5) is 0 Å². The number of benzene rings is 1. The molecule has 2 aromatic rings. The number of H-pyrrole nitrogens is 1. The number of hydrogen-bond acceptors (Lipinski definition) is 4. The predicted octanol–water partition coefficient (Wildman–Crippen LogP) is 3.46. The van der Waals surface area contributed by atoms with Gasteiger partial charge in [0.15, 0.2) is 11.5 Å². The number of nitrogens with one attached hydrogen (secondary N) is 1. The van der Waals surface area contributed by atoms with Gasteiger partial charge in [-0.25, -0.2) is 0 Å². The molecule has 1 aromatic heterocycles. The van der Waals surface area contributed by atoms with Crippen LogP contribution in [0.5, 0.6) is 11.5 Å². The number of rotatable bonds is 5. The van der Waals surface area contributed by atoms with Crippen LogP contribution < -0.4 is 9.47 Å². The number of nitrogens with zero attached hydrogens (tertiary/aromatic N) is 2. The van der Waals surface area contributed by atoms with Crippen LogP contribution in [0, 0.1) is 0 Å². The molecule has 1 N–H and O–H groups in total. The van der Waals surface area contributed by atoms with Gasteiger partial charge >= 0.3 is 0 Å². The zero-order chi connectivity index (χ0) is 16.2. The Bertz CT molecular complexity index is 646. The molecule has 0 aliphatic carbocycles. The second-order valence-electron chi connectivity index (χ2n) is 5.88. The summed E-state index contributed by atoms with van der Waals surface area (Å²) < 4.78 is 10.7. The van der Waals surface area contributed by atoms with Gasteiger partial charge in [0.1, 0.15) is 0 Å². The van der Waals surface area contributed by atoms with Crippen LogP contribution in [0.3, 0.4) is 0 Å². The first-order valence-electron chi connectivity index (χ1n) is 7.83. The summed E-state index contributed by atoms with van der Waals surface area (Å²) >= 11 is 6.50. The molecule has 5 nitrogen and oxygen atoms in total. The number of piperidine rings is 1. The van der Waals surface area contributed by atoms with E-state index in [1.165, 1.54) is 18.4 Å². The van der Waals surface area contributed by atoms with E-state index in [0.717, 1.165) is 25.2 Å². The van der Waals surface area contributed by atoms with Crippen molar-refractivity contribution in [1.82, 2.24) is 15.1 Å². The Morgan fingerprint density at radius 3 is 2.91 bits per heavy atom. The molecule has 3 rings (SSSR count). The predicted molar refractivity (Wildman–Crippen MR) is 90.4 cm³/mol. The summed E-state index contributed by atoms with van der Waals surface area (Å²) in [7, 11) is 3.23. The molecule has 1 fully saturated rings. The zero-order valence-corrected chi connectivity index (χ0v) is 14.3. The molecule has 0 bridgehead atoms. The normalized spacial score (nSPS) is 18.8. The first kappa shape index (κ1) is 16.1. The molecular formula is C17H22ClN3O2. The lowest BCUT2D eigenvalue weighted by Crippen LogP contribution is -2.33. The van der Waals surface area contributed by atoms with E-state index < -0.39 is 0 Å². The van der Waals surface area contributed by atoms with Crippen molar-refractivity contribution in [1.29, 1.82) is 0 Å². The van der Waals surface area contributed by atoms with Crippen LogP contribution >= 0.6 is 11.6 Å². The molecule has 0 saturated carbocycles. The molecule has 1 unspecified atom stereocenters. The summed E-state index contributed by atoms with van der Waals surface area (Å²) in [5.74, 6) is 1.80. The fourth-order valence-corrected chi connectivity index (χ4v) is 3.54. The highest BCUT2D eigenvalue weighted by Crippen LogP contribution is 2.38. The number of likely N-dealkylation sites (tertiary alicyclic amines) is 1. The quantitative estimate of drug-likeness (QED) is 0.909. The van der Waals surface area contributed by atoms with Gasteiger partial charge in [0.25, 0.3) is 0 Å². The third-order valence-corrected chi connectivity index (χ3v) is 4.87. The minimum Gasteiger partial charge on any atom is -0.493 e. The highest BCUT2D eigenvalue weighted by Gasteiger charge is 2.23. The summed E-state index contributed by atoms with van der Waals surface area (Å²) in [5, 5.41) is 7.61. The number of aromatic amines is 1. The molecule has 2 heterocycles. The minimum absolute atomic E-state index is 0.529. The first-order chi connectivity index (χ1) is 11.2. The van der Waals surface area contributed by atoms with Crippen molar-refractivity contribution >= 4 is 11.6 Å². The lowest BCUT2D eigenvalue weighted by atomic mass is 9.92. The smallest absolute Gasteiger partial charge is 0.179 e. The SMILES string of the molecule is COc1ccc(CN2CCCC(c3cn[nH]c3)C2)c(Cl)c1OC. The van der Waals surface area contributed by atoms with Crippen LogP contribution in [0.1, 0.15) is 29.9 Å². The summed E-state index contributed by atoms with van der Waals surface area (Å²) in [6, 6.07) is 3.93. The highest BCUT2D eigenvalue weighted by molar-refractivity contribution is 6.33. The van der Waals surface area contributed by atoms with Crippen LogP contribution in [0.15, 0.2) is 24.5 Å². The van der Waals surface area contributed by atoms with Crippen LogP contribution in [-0.4, -0.2) is 42.4 Å². The lowest BCUT2D eigenvalue weighted by molar-refractivity contribution is 0.200. The summed E-state index contributed by atoms with van der Waals surface area (Å²) in [6.07, 6.45) is 6.31. The third kappa shape index (κ3) is 3.46. The van der Waals surface area contributed by atoms with Gasteiger partial charge in [-0.05, 0) is 42.5 Å². The summed E-state index contributed by atoms with van der Waals surface area (Å²) in [5.41, 5.74) is 2.35. The maximum absolute atomic E-state index is 6.50. The van der Waals surface area contributed by atoms with Crippen molar-refractivity contribution in [3.05, 3.63) is 40.7 Å². The second-order valence-corrected chi connectivity index (χ2v) is 6.26. The van der Waals surface area contributed by atoms with E-state index in [1.54, 1.807) is 14.2 Å². The third-order valence-electron chi connectivity index (χ3n) is 4.46. The molecule has 124 valence electrons. The maximum atomic E-state index is 6.50. The van der Waals surface area contributed by atoms with Crippen LogP contribution in [0.25, 0.3) is 0 Å². The standard InChI is InChI=1S/C17H22ClN3O2/c1-22-15-6-5-13(16(18)17(15)23-2)11-21-7-3-4-12(10-21)14-8-19-20-9-14/h5-6,8-9,12H,3-4,7,10-11H2,1-2H3,(H,19,20). The van der Waals surface area contributed by atoms with Crippen LogP contribution in [-0.2, 0) is 6.54 Å². The van der Waals surface area contributed by atoms with E-state index in [0.29, 0.717) is 22.4 Å². The van der Waals surface area contributed by atoms with Crippen molar-refractivity contribution in [2.24, 2.45) is 0 Å². The van der Waals surface area contributed by atoms with Gasteiger partial charge in [0.2, 0.25) is 0 Å². The van der Waals surface area contributed by atoms with Crippen molar-refractivity contribution < 1.29 is 9.47 Å². The van der Waals surface area contributed by atoms with Crippen molar-refractivity contribution in [2.75, 3.05) is 27.3 Å². The zero-order valence-electron chi connectivity index (χ0n) is 13.5. The van der Waals surface area contributed by atoms with Gasteiger partial charge in [-0.3, -0.25) is 10.00 Å². The monoisotopic (exact) mass is 335 g/mol. The van der Waals surface area contributed by atoms with Gasteiger partial charge in [-0.2, -0.15) is 5.10 Å². The molecule has 1 aliphatic rings. The molecule has 1 saturated heterocycles. The van der Waals surface area contributed by atoms with Crippen LogP contribution in [0.2, 0.25) is 5.02 Å². The second kappa shape index (κ2) is 7.23. The van der Waals surface area contributed by atoms with Crippen molar-refractivity contribution in [3.63, 3.8) is 0 Å². The van der Waals surface area contributed by atoms with E-state index in [-0.39, 0.29) is 0 Å². The Hall–Kier alpha value is -1.72. The number of aromatic nitrogens is 2. The molecule has 6 heteroatoms. The van der Waals surface area contributed by atoms with Crippen molar-refractivity contribution in [3.8, 4) is 11.5 Å². The molecule has 0 spiro atoms. The average Bonchev–Trinajstić information content (AvgIpc) is 3.11. The Kier molecular flexibility index (Phi) is 5.08. The Morgan fingerprint density at radius 2 is 2.22 bits per heavy atom. The average molecular weight is 336 g/mol. The fourth-order valence-electron chi connectivity index (χ4n) is 3.25. The molecular weight excluding hydrogens is 314 g/mol. The Balaban J connectivity index is 1.74. The summed E-state index contributed by atoms with van der Waals surface area (Å²) in [6.45, 7) is 2.91. The fraction of sp³-hybridized carbons (Fsp3) is 0.471. The minimum atomic E-state index is 0.529. The van der Waals surface area contributed by atoms with E-state index >= 15 is 0 Å². The van der Waals surface area contributed by atoms with E-state index in [4.69, 9.17) is 21.1 Å². The highest BCUT2D eigenvalue weighted by atomic mass is 35.5. The number of halogens is 1. The lowest BCUT2D eigenvalue weighted by Gasteiger charge is -2.32. The topological polar surface area (TPSA) is 50.4 Å². The van der Waals surface area contributed by atoms with Gasteiger partial charge in [-0.15, -0.1) is 0 Å². The Labute approximate surface area is 141 Å². The number of ether oxygens (including phenoxy) is 2. The molecule has 1 aromatic carbocycles. The van der Waals surface area contributed by atoms with Gasteiger partial charge in [0, 0.05) is 19.3 Å². The molecule has 0 amide bonds. The largest absolute Gasteiger partial charge is 0.493 e. The molecule has 1 aliphatic heterocycles. The van der Waals surface area contributed by atoms with E-state index in [9.17, 15) is 0 Å². The van der Waals surface area contributed by atoms with Gasteiger partial charge < -0.3 is 9.47 Å². The number of methoxy groups -OCH3 is 2. The molecule has 23 heavy (non-hydrogen) atoms. The van der Waals surface area contributed by atoms with Crippen molar-refractivity contribution in [2.45, 2.75) is 25.3 Å². The van der Waals surface area contributed by atoms with Gasteiger partial charge in [-0.1, -0.05) is 17.7 Å². The maximum Gasteiger partial charge on any atom is 0.179 e. The first-order valence-corrected chi connectivity index (χ1v) is 8.21. The van der Waals surface area contributed by atoms with E-state index in [2.05, 4.69) is 15.1 Å². The summed E-state index contributed by atoms with van der Waals surface area (Å²) in [4.78, 5) is 2.44. The number of hydrogen-bond donors (Lipinski definition) is 1. The molecule has 0 radical (unpaired) electrons. The van der Waals surface area contributed by atoms with E-state index in [1.807, 2.05) is 24.5 Å².